The summed E-state index contributed by atoms with van der Waals surface area (Å²) in [4.78, 5) is 2.75. The van der Waals surface area contributed by atoms with Crippen LogP contribution in [0.2, 0.25) is 5.02 Å². The van der Waals surface area contributed by atoms with Crippen molar-refractivity contribution in [1.29, 1.82) is 0 Å². The highest BCUT2D eigenvalue weighted by Crippen LogP contribution is 2.26. The molecule has 1 unspecified atom stereocenters. The van der Waals surface area contributed by atoms with Gasteiger partial charge in [0, 0.05) is 23.8 Å². The molecule has 0 aromatic heterocycles. The summed E-state index contributed by atoms with van der Waals surface area (Å²) in [6.07, 6.45) is 3.48. The van der Waals surface area contributed by atoms with Gasteiger partial charge in [0.05, 0.1) is 5.02 Å². The van der Waals surface area contributed by atoms with E-state index in [2.05, 4.69) is 31.7 Å². The molecule has 0 radical (unpaired) electrons. The summed E-state index contributed by atoms with van der Waals surface area (Å²) in [5, 5.41) is 0.634. The van der Waals surface area contributed by atoms with E-state index in [4.69, 9.17) is 29.6 Å². The van der Waals surface area contributed by atoms with Crippen molar-refractivity contribution in [2.24, 2.45) is 5.73 Å². The van der Waals surface area contributed by atoms with E-state index in [0.29, 0.717) is 16.1 Å². The summed E-state index contributed by atoms with van der Waals surface area (Å²) in [6, 6.07) is 6.44. The maximum Gasteiger partial charge on any atom is 0.105 e. The molecule has 1 aromatic carbocycles. The van der Waals surface area contributed by atoms with Gasteiger partial charge in [0.25, 0.3) is 0 Å². The maximum absolute atomic E-state index is 6.26. The van der Waals surface area contributed by atoms with E-state index in [9.17, 15) is 0 Å². The number of nitrogens with zero attached hydrogens (tertiary/aromatic N) is 1. The highest BCUT2D eigenvalue weighted by molar-refractivity contribution is 7.80. The van der Waals surface area contributed by atoms with Gasteiger partial charge in [0.1, 0.15) is 4.99 Å². The molecule has 1 rings (SSSR count). The molecule has 0 aliphatic heterocycles. The van der Waals surface area contributed by atoms with Crippen molar-refractivity contribution in [3.63, 3.8) is 0 Å². The van der Waals surface area contributed by atoms with Crippen molar-refractivity contribution < 1.29 is 0 Å². The Bertz CT molecular complexity index is 434. The Morgan fingerprint density at radius 1 is 1.42 bits per heavy atom. The van der Waals surface area contributed by atoms with Gasteiger partial charge in [-0.1, -0.05) is 44.1 Å². The number of hydrogen-bond donors (Lipinski definition) is 1. The second-order valence-electron chi connectivity index (χ2n) is 4.83. The number of unbranched alkanes of at least 4 members (excludes halogenated alkanes) is 1. The SMILES string of the molecule is CCCCN(c1ccc(C(N)=S)c(Cl)c1)C(C)CC. The summed E-state index contributed by atoms with van der Waals surface area (Å²) < 4.78 is 0. The molecule has 106 valence electrons. The number of benzene rings is 1. The summed E-state index contributed by atoms with van der Waals surface area (Å²) in [5.41, 5.74) is 7.54. The summed E-state index contributed by atoms with van der Waals surface area (Å²) in [6.45, 7) is 7.70. The van der Waals surface area contributed by atoms with Crippen LogP contribution in [0.1, 0.15) is 45.6 Å². The molecule has 4 heteroatoms. The molecule has 2 nitrogen and oxygen atoms in total. The Labute approximate surface area is 126 Å². The normalized spacial score (nSPS) is 12.2. The van der Waals surface area contributed by atoms with Crippen LogP contribution in [-0.4, -0.2) is 17.6 Å². The van der Waals surface area contributed by atoms with Crippen LogP contribution >= 0.6 is 23.8 Å². The quantitative estimate of drug-likeness (QED) is 0.758. The zero-order valence-electron chi connectivity index (χ0n) is 11.9. The van der Waals surface area contributed by atoms with Gasteiger partial charge >= 0.3 is 0 Å². The van der Waals surface area contributed by atoms with Crippen molar-refractivity contribution in [1.82, 2.24) is 0 Å². The zero-order valence-corrected chi connectivity index (χ0v) is 13.5. The summed E-state index contributed by atoms with van der Waals surface area (Å²) >= 11 is 11.2. The highest BCUT2D eigenvalue weighted by atomic mass is 35.5. The number of hydrogen-bond acceptors (Lipinski definition) is 2. The fraction of sp³-hybridized carbons (Fsp3) is 0.533. The number of halogens is 1. The third-order valence-electron chi connectivity index (χ3n) is 3.43. The molecule has 0 fully saturated rings. The highest BCUT2D eigenvalue weighted by Gasteiger charge is 2.14. The van der Waals surface area contributed by atoms with Crippen molar-refractivity contribution in [2.45, 2.75) is 46.1 Å². The monoisotopic (exact) mass is 298 g/mol. The zero-order chi connectivity index (χ0) is 14.4. The van der Waals surface area contributed by atoms with Gasteiger partial charge in [-0.3, -0.25) is 0 Å². The topological polar surface area (TPSA) is 29.3 Å². The van der Waals surface area contributed by atoms with Gasteiger partial charge in [-0.2, -0.15) is 0 Å². The Balaban J connectivity index is 3.02. The average molecular weight is 299 g/mol. The Morgan fingerprint density at radius 3 is 2.58 bits per heavy atom. The van der Waals surface area contributed by atoms with Crippen LogP contribution in [0.5, 0.6) is 0 Å². The van der Waals surface area contributed by atoms with E-state index in [0.717, 1.165) is 24.2 Å². The second-order valence-corrected chi connectivity index (χ2v) is 5.68. The van der Waals surface area contributed by atoms with Crippen LogP contribution in [0.15, 0.2) is 18.2 Å². The second kappa shape index (κ2) is 7.71. The van der Waals surface area contributed by atoms with E-state index in [1.54, 1.807) is 0 Å². The third-order valence-corrected chi connectivity index (χ3v) is 3.96. The van der Waals surface area contributed by atoms with E-state index in [-0.39, 0.29) is 0 Å². The van der Waals surface area contributed by atoms with Gasteiger partial charge in [-0.05, 0) is 38.0 Å². The Kier molecular flexibility index (Phi) is 6.59. The molecular weight excluding hydrogens is 276 g/mol. The van der Waals surface area contributed by atoms with E-state index in [1.807, 2.05) is 12.1 Å². The number of nitrogens with two attached hydrogens (primary N) is 1. The predicted octanol–water partition coefficient (Wildman–Crippen LogP) is 4.38. The minimum Gasteiger partial charge on any atom is -0.389 e. The van der Waals surface area contributed by atoms with E-state index in [1.165, 1.54) is 12.8 Å². The van der Waals surface area contributed by atoms with Crippen molar-refractivity contribution in [3.05, 3.63) is 28.8 Å². The summed E-state index contributed by atoms with van der Waals surface area (Å²) in [7, 11) is 0. The van der Waals surface area contributed by atoms with Crippen molar-refractivity contribution >= 4 is 34.5 Å². The van der Waals surface area contributed by atoms with Crippen LogP contribution in [0.25, 0.3) is 0 Å². The summed E-state index contributed by atoms with van der Waals surface area (Å²) in [5.74, 6) is 0. The first-order valence-corrected chi connectivity index (χ1v) is 7.65. The third kappa shape index (κ3) is 4.36. The minimum absolute atomic E-state index is 0.347. The van der Waals surface area contributed by atoms with Crippen LogP contribution < -0.4 is 10.6 Å². The first-order valence-electron chi connectivity index (χ1n) is 6.87. The van der Waals surface area contributed by atoms with Gasteiger partial charge < -0.3 is 10.6 Å². The lowest BCUT2D eigenvalue weighted by Gasteiger charge is -2.31. The molecule has 0 saturated heterocycles. The largest absolute Gasteiger partial charge is 0.389 e. The van der Waals surface area contributed by atoms with Crippen LogP contribution in [0, 0.1) is 0 Å². The van der Waals surface area contributed by atoms with Gasteiger partial charge in [-0.25, -0.2) is 0 Å². The first kappa shape index (κ1) is 16.3. The number of anilines is 1. The van der Waals surface area contributed by atoms with Crippen LogP contribution in [-0.2, 0) is 0 Å². The fourth-order valence-electron chi connectivity index (χ4n) is 2.04. The molecule has 1 aromatic rings. The lowest BCUT2D eigenvalue weighted by molar-refractivity contribution is 0.596. The van der Waals surface area contributed by atoms with Crippen LogP contribution in [0.3, 0.4) is 0 Å². The maximum atomic E-state index is 6.26. The molecule has 19 heavy (non-hydrogen) atoms. The lowest BCUT2D eigenvalue weighted by Crippen LogP contribution is -2.33. The van der Waals surface area contributed by atoms with Crippen molar-refractivity contribution in [3.8, 4) is 0 Å². The van der Waals surface area contributed by atoms with E-state index < -0.39 is 0 Å². The molecule has 0 heterocycles. The number of rotatable bonds is 7. The molecule has 0 amide bonds. The standard InChI is InChI=1S/C15H23ClN2S/c1-4-6-9-18(11(3)5-2)12-7-8-13(15(17)19)14(16)10-12/h7-8,10-11H,4-6,9H2,1-3H3,(H2,17,19). The van der Waals surface area contributed by atoms with Crippen LogP contribution in [0.4, 0.5) is 5.69 Å². The Morgan fingerprint density at radius 2 is 2.11 bits per heavy atom. The molecule has 1 atom stereocenters. The molecule has 2 N–H and O–H groups in total. The van der Waals surface area contributed by atoms with Gasteiger partial charge in [0.2, 0.25) is 0 Å². The predicted molar refractivity (Wildman–Crippen MR) is 89.3 cm³/mol. The van der Waals surface area contributed by atoms with Gasteiger partial charge in [0.15, 0.2) is 0 Å². The average Bonchev–Trinajstić information content (AvgIpc) is 2.38. The van der Waals surface area contributed by atoms with Crippen molar-refractivity contribution in [2.75, 3.05) is 11.4 Å². The van der Waals surface area contributed by atoms with E-state index >= 15 is 0 Å². The molecule has 0 aliphatic rings. The molecular formula is C15H23ClN2S. The molecule has 0 spiro atoms. The smallest absolute Gasteiger partial charge is 0.105 e. The first-order chi connectivity index (χ1) is 9.01. The molecule has 0 saturated carbocycles. The fourth-order valence-corrected chi connectivity index (χ4v) is 2.55. The lowest BCUT2D eigenvalue weighted by atomic mass is 10.1. The minimum atomic E-state index is 0.347. The van der Waals surface area contributed by atoms with Gasteiger partial charge in [-0.15, -0.1) is 0 Å². The Hall–Kier alpha value is -0.800. The number of thiocarbonyl (C=S) groups is 1. The molecule has 0 aliphatic carbocycles. The molecule has 0 bridgehead atoms.